The van der Waals surface area contributed by atoms with Crippen LogP contribution in [0, 0.1) is 11.3 Å². The summed E-state index contributed by atoms with van der Waals surface area (Å²) in [5, 5.41) is 22.9. The SMILES string of the molecule is CCCC(C)ON=C(C#N)C(N)=NO. The molecule has 0 fully saturated rings. The van der Waals surface area contributed by atoms with Gasteiger partial charge in [0.1, 0.15) is 12.2 Å². The van der Waals surface area contributed by atoms with Gasteiger partial charge >= 0.3 is 0 Å². The first-order valence-electron chi connectivity index (χ1n) is 4.27. The highest BCUT2D eigenvalue weighted by molar-refractivity contribution is 6.46. The highest BCUT2D eigenvalue weighted by Crippen LogP contribution is 2.00. The summed E-state index contributed by atoms with van der Waals surface area (Å²) in [6, 6.07) is 1.66. The minimum Gasteiger partial charge on any atom is -0.409 e. The Morgan fingerprint density at radius 3 is 2.79 bits per heavy atom. The predicted octanol–water partition coefficient (Wildman–Crippen LogP) is 0.818. The van der Waals surface area contributed by atoms with Gasteiger partial charge in [0.2, 0.25) is 11.5 Å². The number of amidine groups is 1. The molecule has 0 aliphatic rings. The van der Waals surface area contributed by atoms with Gasteiger partial charge in [-0.05, 0) is 13.3 Å². The van der Waals surface area contributed by atoms with Crippen molar-refractivity contribution in [1.82, 2.24) is 0 Å². The molecule has 0 radical (unpaired) electrons. The number of nitriles is 1. The molecule has 1 atom stereocenters. The largest absolute Gasteiger partial charge is 0.409 e. The molecule has 0 aliphatic carbocycles. The lowest BCUT2D eigenvalue weighted by molar-refractivity contribution is 0.0666. The third-order valence-electron chi connectivity index (χ3n) is 1.48. The third kappa shape index (κ3) is 4.30. The smallest absolute Gasteiger partial charge is 0.224 e. The fourth-order valence-electron chi connectivity index (χ4n) is 0.774. The Morgan fingerprint density at radius 1 is 1.71 bits per heavy atom. The molecule has 0 bridgehead atoms. The van der Waals surface area contributed by atoms with Crippen molar-refractivity contribution in [3.05, 3.63) is 0 Å². The van der Waals surface area contributed by atoms with Gasteiger partial charge < -0.3 is 15.8 Å². The number of hydrogen-bond donors (Lipinski definition) is 2. The summed E-state index contributed by atoms with van der Waals surface area (Å²) in [6.45, 7) is 3.84. The van der Waals surface area contributed by atoms with Gasteiger partial charge in [-0.3, -0.25) is 0 Å². The van der Waals surface area contributed by atoms with E-state index < -0.39 is 0 Å². The highest BCUT2D eigenvalue weighted by atomic mass is 16.6. The molecule has 0 spiro atoms. The predicted molar refractivity (Wildman–Crippen MR) is 51.9 cm³/mol. The lowest BCUT2D eigenvalue weighted by Crippen LogP contribution is -2.23. The van der Waals surface area contributed by atoms with Crippen LogP contribution in [-0.2, 0) is 4.84 Å². The van der Waals surface area contributed by atoms with Crippen molar-refractivity contribution in [3.63, 3.8) is 0 Å². The van der Waals surface area contributed by atoms with Crippen molar-refractivity contribution in [1.29, 1.82) is 5.26 Å². The lowest BCUT2D eigenvalue weighted by atomic mass is 10.2. The Morgan fingerprint density at radius 2 is 2.36 bits per heavy atom. The van der Waals surface area contributed by atoms with Crippen LogP contribution < -0.4 is 5.73 Å². The fraction of sp³-hybridized carbons (Fsp3) is 0.625. The molecule has 0 amide bonds. The standard InChI is InChI=1S/C8H14N4O2/c1-3-4-6(2)14-12-7(5-9)8(10)11-13/h6,13H,3-4H2,1-2H3,(H2,10,11). The summed E-state index contributed by atoms with van der Waals surface area (Å²) in [7, 11) is 0. The second kappa shape index (κ2) is 6.71. The topological polar surface area (TPSA) is 104 Å². The zero-order valence-electron chi connectivity index (χ0n) is 8.27. The molecule has 0 aromatic heterocycles. The molecular weight excluding hydrogens is 184 g/mol. The van der Waals surface area contributed by atoms with Gasteiger partial charge in [-0.25, -0.2) is 0 Å². The molecule has 0 aromatic carbocycles. The average Bonchev–Trinajstić information content (AvgIpc) is 2.18. The minimum absolute atomic E-state index is 0.0881. The van der Waals surface area contributed by atoms with Crippen LogP contribution in [0.4, 0.5) is 0 Å². The Bertz CT molecular complexity index is 267. The van der Waals surface area contributed by atoms with Gasteiger partial charge in [-0.15, -0.1) is 0 Å². The van der Waals surface area contributed by atoms with E-state index in [1.807, 2.05) is 13.8 Å². The van der Waals surface area contributed by atoms with Crippen molar-refractivity contribution < 1.29 is 10.0 Å². The van der Waals surface area contributed by atoms with Crippen LogP contribution in [0.3, 0.4) is 0 Å². The van der Waals surface area contributed by atoms with E-state index in [1.54, 1.807) is 6.07 Å². The van der Waals surface area contributed by atoms with Gasteiger partial charge in [0.15, 0.2) is 0 Å². The maximum Gasteiger partial charge on any atom is 0.224 e. The zero-order valence-corrected chi connectivity index (χ0v) is 8.27. The van der Waals surface area contributed by atoms with Crippen LogP contribution in [0.5, 0.6) is 0 Å². The third-order valence-corrected chi connectivity index (χ3v) is 1.48. The van der Waals surface area contributed by atoms with E-state index in [4.69, 9.17) is 21.0 Å². The van der Waals surface area contributed by atoms with Gasteiger partial charge in [0.25, 0.3) is 0 Å². The van der Waals surface area contributed by atoms with Crippen molar-refractivity contribution in [2.75, 3.05) is 0 Å². The molecule has 14 heavy (non-hydrogen) atoms. The van der Waals surface area contributed by atoms with E-state index in [0.29, 0.717) is 0 Å². The molecule has 3 N–H and O–H groups in total. The Hall–Kier alpha value is -1.77. The summed E-state index contributed by atoms with van der Waals surface area (Å²) in [6.07, 6.45) is 1.70. The summed E-state index contributed by atoms with van der Waals surface area (Å²) in [5.74, 6) is -0.351. The number of rotatable bonds is 5. The summed E-state index contributed by atoms with van der Waals surface area (Å²) in [4.78, 5) is 4.95. The van der Waals surface area contributed by atoms with Crippen molar-refractivity contribution in [2.45, 2.75) is 32.8 Å². The quantitative estimate of drug-likeness (QED) is 0.295. The average molecular weight is 198 g/mol. The van der Waals surface area contributed by atoms with Crippen LogP contribution in [-0.4, -0.2) is 22.9 Å². The molecule has 0 heterocycles. The molecular formula is C8H14N4O2. The Balaban J connectivity index is 4.27. The summed E-state index contributed by atoms with van der Waals surface area (Å²) in [5.41, 5.74) is 4.93. The van der Waals surface area contributed by atoms with E-state index >= 15 is 0 Å². The van der Waals surface area contributed by atoms with E-state index in [2.05, 4.69) is 10.3 Å². The van der Waals surface area contributed by atoms with Crippen LogP contribution in [0.15, 0.2) is 10.3 Å². The number of nitrogens with zero attached hydrogens (tertiary/aromatic N) is 3. The number of nitrogens with two attached hydrogens (primary N) is 1. The maximum absolute atomic E-state index is 8.54. The molecule has 0 aromatic rings. The normalized spacial score (nSPS) is 14.6. The highest BCUT2D eigenvalue weighted by Gasteiger charge is 2.06. The monoisotopic (exact) mass is 198 g/mol. The Kier molecular flexibility index (Phi) is 5.87. The van der Waals surface area contributed by atoms with Crippen molar-refractivity contribution >= 4 is 11.5 Å². The maximum atomic E-state index is 8.54. The number of oxime groups is 2. The zero-order chi connectivity index (χ0) is 11.0. The molecule has 1 unspecified atom stereocenters. The Labute approximate surface area is 82.6 Å². The molecule has 0 saturated heterocycles. The van der Waals surface area contributed by atoms with Crippen LogP contribution in [0.25, 0.3) is 0 Å². The lowest BCUT2D eigenvalue weighted by Gasteiger charge is -2.07. The van der Waals surface area contributed by atoms with Gasteiger partial charge in [0, 0.05) is 0 Å². The van der Waals surface area contributed by atoms with E-state index in [-0.39, 0.29) is 17.7 Å². The number of hydrogen-bond acceptors (Lipinski definition) is 5. The molecule has 0 aliphatic heterocycles. The van der Waals surface area contributed by atoms with Crippen LogP contribution >= 0.6 is 0 Å². The van der Waals surface area contributed by atoms with Gasteiger partial charge in [-0.1, -0.05) is 23.7 Å². The van der Waals surface area contributed by atoms with Crippen molar-refractivity contribution in [2.24, 2.45) is 16.0 Å². The second-order valence-corrected chi connectivity index (χ2v) is 2.74. The second-order valence-electron chi connectivity index (χ2n) is 2.74. The van der Waals surface area contributed by atoms with Crippen LogP contribution in [0.2, 0.25) is 0 Å². The first-order chi connectivity index (χ1) is 6.65. The van der Waals surface area contributed by atoms with E-state index in [9.17, 15) is 0 Å². The molecule has 6 nitrogen and oxygen atoms in total. The van der Waals surface area contributed by atoms with Gasteiger partial charge in [-0.2, -0.15) is 5.26 Å². The van der Waals surface area contributed by atoms with Crippen LogP contribution in [0.1, 0.15) is 26.7 Å². The first kappa shape index (κ1) is 12.2. The first-order valence-corrected chi connectivity index (χ1v) is 4.27. The summed E-state index contributed by atoms with van der Waals surface area (Å²) < 4.78 is 0. The summed E-state index contributed by atoms with van der Waals surface area (Å²) >= 11 is 0. The fourth-order valence-corrected chi connectivity index (χ4v) is 0.774. The van der Waals surface area contributed by atoms with Crippen molar-refractivity contribution in [3.8, 4) is 6.07 Å². The van der Waals surface area contributed by atoms with E-state index in [1.165, 1.54) is 0 Å². The molecule has 0 rings (SSSR count). The van der Waals surface area contributed by atoms with Gasteiger partial charge in [0.05, 0.1) is 0 Å². The van der Waals surface area contributed by atoms with E-state index in [0.717, 1.165) is 12.8 Å². The molecule has 6 heteroatoms. The molecule has 0 saturated carbocycles. The molecule has 78 valence electrons. The minimum atomic E-state index is -0.351.